The third-order valence-corrected chi connectivity index (χ3v) is 5.18. The smallest absolute Gasteiger partial charge is 0.243 e. The van der Waals surface area contributed by atoms with Gasteiger partial charge >= 0.3 is 0 Å². The molecule has 0 saturated carbocycles. The van der Waals surface area contributed by atoms with Gasteiger partial charge in [0.15, 0.2) is 0 Å². The Morgan fingerprint density at radius 1 is 1.15 bits per heavy atom. The van der Waals surface area contributed by atoms with E-state index in [9.17, 15) is 13.2 Å². The van der Waals surface area contributed by atoms with Crippen molar-refractivity contribution in [1.82, 2.24) is 9.62 Å². The molecule has 1 N–H and O–H groups in total. The molecule has 0 aliphatic heterocycles. The zero-order chi connectivity index (χ0) is 19.2. The van der Waals surface area contributed by atoms with Crippen molar-refractivity contribution in [1.29, 1.82) is 0 Å². The van der Waals surface area contributed by atoms with Crippen LogP contribution in [0.4, 0.5) is 0 Å². The van der Waals surface area contributed by atoms with Crippen LogP contribution in [-0.4, -0.2) is 38.5 Å². The summed E-state index contributed by atoms with van der Waals surface area (Å²) in [6.07, 6.45) is 1.09. The molecule has 0 unspecified atom stereocenters. The van der Waals surface area contributed by atoms with E-state index in [0.717, 1.165) is 21.9 Å². The molecule has 0 saturated heterocycles. The van der Waals surface area contributed by atoms with Gasteiger partial charge in [-0.25, -0.2) is 8.42 Å². The molecule has 2 aromatic carbocycles. The maximum Gasteiger partial charge on any atom is 0.243 e. The summed E-state index contributed by atoms with van der Waals surface area (Å²) < 4.78 is 30.5. The van der Waals surface area contributed by atoms with Crippen LogP contribution in [0.1, 0.15) is 24.1 Å². The van der Waals surface area contributed by atoms with Crippen molar-refractivity contribution >= 4 is 15.9 Å². The van der Waals surface area contributed by atoms with Crippen molar-refractivity contribution in [2.45, 2.75) is 19.5 Å². The molecule has 0 radical (unpaired) electrons. The molecule has 0 aliphatic carbocycles. The first-order valence-corrected chi connectivity index (χ1v) is 10.1. The lowest BCUT2D eigenvalue weighted by Crippen LogP contribution is -2.41. The maximum absolute atomic E-state index is 12.8. The summed E-state index contributed by atoms with van der Waals surface area (Å²) >= 11 is 0. The second-order valence-electron chi connectivity index (χ2n) is 5.89. The monoisotopic (exact) mass is 376 g/mol. The van der Waals surface area contributed by atoms with E-state index in [1.54, 1.807) is 24.3 Å². The number of amides is 1. The van der Waals surface area contributed by atoms with Crippen LogP contribution in [0.25, 0.3) is 0 Å². The van der Waals surface area contributed by atoms with Gasteiger partial charge in [0, 0.05) is 13.6 Å². The third-order valence-electron chi connectivity index (χ3n) is 3.93. The summed E-state index contributed by atoms with van der Waals surface area (Å²) in [5.74, 6) is 0.345. The lowest BCUT2D eigenvalue weighted by molar-refractivity contribution is -0.124. The Hall–Kier alpha value is -2.38. The Bertz CT molecular complexity index is 838. The number of carbonyl (C=O) groups excluding carboxylic acids is 1. The second kappa shape index (κ2) is 8.82. The van der Waals surface area contributed by atoms with Gasteiger partial charge in [-0.2, -0.15) is 4.31 Å². The van der Waals surface area contributed by atoms with Gasteiger partial charge < -0.3 is 10.1 Å². The molecule has 0 aromatic heterocycles. The standard InChI is InChI=1S/C19H24N2O4S/c1-4-25-17-12-8-9-15(13-17)14-20-19(22)18(21(2)26(3,23)24)16-10-6-5-7-11-16/h5-13,18H,4,14H2,1-3H3,(H,20,22)/t18-/m1/s1. The summed E-state index contributed by atoms with van der Waals surface area (Å²) in [7, 11) is -2.13. The van der Waals surface area contributed by atoms with E-state index in [0.29, 0.717) is 12.2 Å². The normalized spacial score (nSPS) is 12.6. The molecule has 0 aliphatic rings. The van der Waals surface area contributed by atoms with Gasteiger partial charge in [0.25, 0.3) is 0 Å². The molecular formula is C19H24N2O4S. The highest BCUT2D eigenvalue weighted by atomic mass is 32.2. The summed E-state index contributed by atoms with van der Waals surface area (Å²) in [4.78, 5) is 12.8. The van der Waals surface area contributed by atoms with Crippen LogP contribution in [-0.2, 0) is 21.4 Å². The molecule has 0 fully saturated rings. The fourth-order valence-corrected chi connectivity index (χ4v) is 3.15. The van der Waals surface area contributed by atoms with Gasteiger partial charge in [0.2, 0.25) is 15.9 Å². The Balaban J connectivity index is 2.18. The number of nitrogens with one attached hydrogen (secondary N) is 1. The number of ether oxygens (including phenoxy) is 1. The molecule has 1 atom stereocenters. The summed E-state index contributed by atoms with van der Waals surface area (Å²) in [5, 5.41) is 2.82. The van der Waals surface area contributed by atoms with Crippen molar-refractivity contribution < 1.29 is 17.9 Å². The lowest BCUT2D eigenvalue weighted by Gasteiger charge is -2.25. The molecule has 0 bridgehead atoms. The second-order valence-corrected chi connectivity index (χ2v) is 7.93. The zero-order valence-corrected chi connectivity index (χ0v) is 16.0. The van der Waals surface area contributed by atoms with Crippen LogP contribution >= 0.6 is 0 Å². The molecule has 6 nitrogen and oxygen atoms in total. The first kappa shape index (κ1) is 19.9. The van der Waals surface area contributed by atoms with E-state index in [1.807, 2.05) is 37.3 Å². The van der Waals surface area contributed by atoms with Crippen molar-refractivity contribution in [2.75, 3.05) is 19.9 Å². The van der Waals surface area contributed by atoms with Crippen LogP contribution < -0.4 is 10.1 Å². The summed E-state index contributed by atoms with van der Waals surface area (Å²) in [6, 6.07) is 15.3. The van der Waals surface area contributed by atoms with E-state index in [-0.39, 0.29) is 12.5 Å². The highest BCUT2D eigenvalue weighted by Gasteiger charge is 2.30. The topological polar surface area (TPSA) is 75.7 Å². The van der Waals surface area contributed by atoms with Crippen LogP contribution in [0.5, 0.6) is 5.75 Å². The SMILES string of the molecule is CCOc1cccc(CNC(=O)[C@@H](c2ccccc2)N(C)S(C)(=O)=O)c1. The summed E-state index contributed by atoms with van der Waals surface area (Å²) in [6.45, 7) is 2.74. The molecule has 26 heavy (non-hydrogen) atoms. The Morgan fingerprint density at radius 2 is 1.85 bits per heavy atom. The number of likely N-dealkylation sites (N-methyl/N-ethyl adjacent to an activating group) is 1. The quantitative estimate of drug-likeness (QED) is 0.767. The molecule has 1 amide bonds. The number of rotatable bonds is 8. The number of hydrogen-bond acceptors (Lipinski definition) is 4. The predicted octanol–water partition coefficient (Wildman–Crippen LogP) is 2.33. The van der Waals surface area contributed by atoms with Crippen molar-refractivity contribution in [3.63, 3.8) is 0 Å². The van der Waals surface area contributed by atoms with Gasteiger partial charge in [-0.05, 0) is 30.2 Å². The molecule has 0 heterocycles. The molecule has 140 valence electrons. The summed E-state index contributed by atoms with van der Waals surface area (Å²) in [5.41, 5.74) is 1.49. The predicted molar refractivity (Wildman–Crippen MR) is 101 cm³/mol. The fraction of sp³-hybridized carbons (Fsp3) is 0.316. The Kier molecular flexibility index (Phi) is 6.76. The molecular weight excluding hydrogens is 352 g/mol. The van der Waals surface area contributed by atoms with E-state index in [2.05, 4.69) is 5.32 Å². The first-order chi connectivity index (χ1) is 12.3. The van der Waals surface area contributed by atoms with Gasteiger partial charge in [0.1, 0.15) is 11.8 Å². The van der Waals surface area contributed by atoms with Gasteiger partial charge in [0.05, 0.1) is 12.9 Å². The van der Waals surface area contributed by atoms with E-state index < -0.39 is 16.1 Å². The zero-order valence-electron chi connectivity index (χ0n) is 15.2. The first-order valence-electron chi connectivity index (χ1n) is 8.30. The van der Waals surface area contributed by atoms with Crippen molar-refractivity contribution in [3.8, 4) is 5.75 Å². The van der Waals surface area contributed by atoms with Crippen LogP contribution in [0.2, 0.25) is 0 Å². The maximum atomic E-state index is 12.8. The minimum atomic E-state index is -3.54. The third kappa shape index (κ3) is 5.31. The van der Waals surface area contributed by atoms with E-state index in [4.69, 9.17) is 4.74 Å². The van der Waals surface area contributed by atoms with Gasteiger partial charge in [-0.3, -0.25) is 4.79 Å². The molecule has 2 aromatic rings. The molecule has 2 rings (SSSR count). The van der Waals surface area contributed by atoms with Crippen LogP contribution in [0.15, 0.2) is 54.6 Å². The number of benzene rings is 2. The lowest BCUT2D eigenvalue weighted by atomic mass is 10.1. The number of sulfonamides is 1. The highest BCUT2D eigenvalue weighted by molar-refractivity contribution is 7.88. The van der Waals surface area contributed by atoms with Crippen molar-refractivity contribution in [3.05, 3.63) is 65.7 Å². The minimum Gasteiger partial charge on any atom is -0.494 e. The van der Waals surface area contributed by atoms with Crippen molar-refractivity contribution in [2.24, 2.45) is 0 Å². The molecule has 0 spiro atoms. The largest absolute Gasteiger partial charge is 0.494 e. The average Bonchev–Trinajstić information content (AvgIpc) is 2.61. The fourth-order valence-electron chi connectivity index (χ4n) is 2.55. The van der Waals surface area contributed by atoms with Gasteiger partial charge in [-0.1, -0.05) is 42.5 Å². The average molecular weight is 376 g/mol. The van der Waals surface area contributed by atoms with Crippen LogP contribution in [0.3, 0.4) is 0 Å². The Labute approximate surface area is 154 Å². The van der Waals surface area contributed by atoms with E-state index >= 15 is 0 Å². The minimum absolute atomic E-state index is 0.278. The highest BCUT2D eigenvalue weighted by Crippen LogP contribution is 2.22. The van der Waals surface area contributed by atoms with E-state index in [1.165, 1.54) is 7.05 Å². The van der Waals surface area contributed by atoms with Crippen LogP contribution in [0, 0.1) is 0 Å². The number of carbonyl (C=O) groups is 1. The molecule has 7 heteroatoms. The van der Waals surface area contributed by atoms with Gasteiger partial charge in [-0.15, -0.1) is 0 Å². The number of hydrogen-bond donors (Lipinski definition) is 1. The number of nitrogens with zero attached hydrogens (tertiary/aromatic N) is 1. The Morgan fingerprint density at radius 3 is 2.46 bits per heavy atom.